The number of carbonyl (C=O) groups is 1. The zero-order valence-corrected chi connectivity index (χ0v) is 18.5. The number of ether oxygens (including phenoxy) is 1. The highest BCUT2D eigenvalue weighted by Crippen LogP contribution is 2.29. The van der Waals surface area contributed by atoms with Gasteiger partial charge in [-0.05, 0) is 54.6 Å². The van der Waals surface area contributed by atoms with Crippen LogP contribution in [0.4, 0.5) is 16.5 Å². The molecule has 0 unspecified atom stereocenters. The first-order valence-corrected chi connectivity index (χ1v) is 11.4. The van der Waals surface area contributed by atoms with Crippen LogP contribution in [0.3, 0.4) is 0 Å². The highest BCUT2D eigenvalue weighted by atomic mass is 35.5. The Kier molecular flexibility index (Phi) is 7.03. The quantitative estimate of drug-likeness (QED) is 0.289. The minimum absolute atomic E-state index is 0.133. The fraction of sp³-hybridized carbons (Fsp3) is 0.0455. The van der Waals surface area contributed by atoms with Gasteiger partial charge in [0.1, 0.15) is 11.5 Å². The van der Waals surface area contributed by atoms with E-state index in [0.29, 0.717) is 20.2 Å². The maximum Gasteiger partial charge on any atom is 0.234 e. The number of halogens is 1. The van der Waals surface area contributed by atoms with Crippen LogP contribution in [0.1, 0.15) is 0 Å². The predicted octanol–water partition coefficient (Wildman–Crippen LogP) is 6.46. The summed E-state index contributed by atoms with van der Waals surface area (Å²) in [6.45, 7) is 0. The number of benzene rings is 3. The predicted molar refractivity (Wildman–Crippen MR) is 127 cm³/mol. The van der Waals surface area contributed by atoms with Crippen molar-refractivity contribution in [2.24, 2.45) is 0 Å². The summed E-state index contributed by atoms with van der Waals surface area (Å²) >= 11 is 8.64. The van der Waals surface area contributed by atoms with Gasteiger partial charge < -0.3 is 15.4 Å². The second kappa shape index (κ2) is 10.3. The molecule has 4 rings (SSSR count). The fourth-order valence-corrected chi connectivity index (χ4v) is 4.33. The highest BCUT2D eigenvalue weighted by Gasteiger charge is 2.09. The van der Waals surface area contributed by atoms with E-state index in [-0.39, 0.29) is 11.7 Å². The molecule has 0 aliphatic heterocycles. The molecule has 0 atom stereocenters. The highest BCUT2D eigenvalue weighted by molar-refractivity contribution is 8.01. The largest absolute Gasteiger partial charge is 0.457 e. The normalized spacial score (nSPS) is 10.5. The zero-order chi connectivity index (χ0) is 21.5. The third-order valence-corrected chi connectivity index (χ3v) is 6.13. The maximum absolute atomic E-state index is 12.1. The minimum atomic E-state index is -0.133. The van der Waals surface area contributed by atoms with E-state index in [9.17, 15) is 4.79 Å². The molecule has 0 fully saturated rings. The summed E-state index contributed by atoms with van der Waals surface area (Å²) in [5.41, 5.74) is 1.53. The molecule has 6 nitrogen and oxygen atoms in total. The van der Waals surface area contributed by atoms with Gasteiger partial charge in [0.05, 0.1) is 5.75 Å². The first-order valence-electron chi connectivity index (χ1n) is 9.26. The summed E-state index contributed by atoms with van der Waals surface area (Å²) in [4.78, 5) is 12.1. The topological polar surface area (TPSA) is 76.1 Å². The van der Waals surface area contributed by atoms with Crippen LogP contribution in [0.2, 0.25) is 5.02 Å². The van der Waals surface area contributed by atoms with Gasteiger partial charge in [0.15, 0.2) is 4.34 Å². The lowest BCUT2D eigenvalue weighted by Gasteiger charge is -2.07. The van der Waals surface area contributed by atoms with E-state index >= 15 is 0 Å². The van der Waals surface area contributed by atoms with E-state index in [4.69, 9.17) is 16.3 Å². The van der Waals surface area contributed by atoms with Gasteiger partial charge in [0, 0.05) is 16.4 Å². The van der Waals surface area contributed by atoms with Crippen molar-refractivity contribution >= 4 is 57.1 Å². The molecule has 4 aromatic rings. The molecule has 0 saturated heterocycles. The van der Waals surface area contributed by atoms with Crippen molar-refractivity contribution in [3.05, 3.63) is 83.9 Å². The third-order valence-electron chi connectivity index (χ3n) is 3.93. The van der Waals surface area contributed by atoms with Gasteiger partial charge in [0.2, 0.25) is 11.0 Å². The molecule has 9 heteroatoms. The molecule has 1 heterocycles. The van der Waals surface area contributed by atoms with E-state index in [0.717, 1.165) is 17.2 Å². The van der Waals surface area contributed by atoms with Crippen molar-refractivity contribution in [2.45, 2.75) is 4.34 Å². The van der Waals surface area contributed by atoms with Gasteiger partial charge >= 0.3 is 0 Å². The number of para-hydroxylation sites is 1. The summed E-state index contributed by atoms with van der Waals surface area (Å²) in [7, 11) is 0. The van der Waals surface area contributed by atoms with Crippen molar-refractivity contribution in [2.75, 3.05) is 16.4 Å². The molecule has 156 valence electrons. The number of thioether (sulfide) groups is 1. The molecule has 0 aliphatic rings. The zero-order valence-electron chi connectivity index (χ0n) is 16.1. The number of rotatable bonds is 8. The maximum atomic E-state index is 12.1. The van der Waals surface area contributed by atoms with Crippen LogP contribution in [0.5, 0.6) is 11.5 Å². The van der Waals surface area contributed by atoms with Crippen LogP contribution in [-0.4, -0.2) is 21.9 Å². The molecular weight excluding hydrogens is 452 g/mol. The molecule has 0 bridgehead atoms. The number of nitrogens with zero attached hydrogens (tertiary/aromatic N) is 2. The Morgan fingerprint density at radius 3 is 2.48 bits per heavy atom. The summed E-state index contributed by atoms with van der Waals surface area (Å²) in [5.74, 6) is 1.63. The molecule has 0 spiro atoms. The fourth-order valence-electron chi connectivity index (χ4n) is 2.56. The molecule has 0 saturated carbocycles. The third kappa shape index (κ3) is 6.45. The van der Waals surface area contributed by atoms with Crippen molar-refractivity contribution in [3.8, 4) is 11.5 Å². The Morgan fingerprint density at radius 1 is 0.935 bits per heavy atom. The number of nitrogens with one attached hydrogen (secondary N) is 2. The van der Waals surface area contributed by atoms with Gasteiger partial charge in [-0.1, -0.05) is 59.0 Å². The lowest BCUT2D eigenvalue weighted by Crippen LogP contribution is -2.13. The van der Waals surface area contributed by atoms with E-state index in [1.807, 2.05) is 54.6 Å². The number of anilines is 3. The van der Waals surface area contributed by atoms with E-state index < -0.39 is 0 Å². The molecule has 0 aliphatic carbocycles. The van der Waals surface area contributed by atoms with Gasteiger partial charge in [-0.25, -0.2) is 0 Å². The van der Waals surface area contributed by atoms with E-state index in [2.05, 4.69) is 20.8 Å². The van der Waals surface area contributed by atoms with Gasteiger partial charge in [-0.2, -0.15) is 0 Å². The van der Waals surface area contributed by atoms with Crippen molar-refractivity contribution < 1.29 is 9.53 Å². The van der Waals surface area contributed by atoms with Gasteiger partial charge in [0.25, 0.3) is 0 Å². The smallest absolute Gasteiger partial charge is 0.234 e. The molecule has 2 N–H and O–H groups in total. The SMILES string of the molecule is O=C(CSc1nnc(Nc2ccc(Oc3ccccc3)cc2)s1)Nc1cccc(Cl)c1. The minimum Gasteiger partial charge on any atom is -0.457 e. The van der Waals surface area contributed by atoms with Crippen LogP contribution < -0.4 is 15.4 Å². The first-order chi connectivity index (χ1) is 15.1. The number of hydrogen-bond acceptors (Lipinski definition) is 7. The lowest BCUT2D eigenvalue weighted by molar-refractivity contribution is -0.113. The lowest BCUT2D eigenvalue weighted by atomic mass is 10.3. The first kappa shape index (κ1) is 21.2. The molecule has 1 amide bonds. The van der Waals surface area contributed by atoms with Crippen LogP contribution in [0, 0.1) is 0 Å². The van der Waals surface area contributed by atoms with Crippen molar-refractivity contribution in [1.29, 1.82) is 0 Å². The summed E-state index contributed by atoms with van der Waals surface area (Å²) in [5, 5.41) is 15.5. The monoisotopic (exact) mass is 468 g/mol. The van der Waals surface area contributed by atoms with Crippen LogP contribution in [-0.2, 0) is 4.79 Å². The Balaban J connectivity index is 1.27. The summed E-state index contributed by atoms with van der Waals surface area (Å²) in [6, 6.07) is 24.2. The second-order valence-corrected chi connectivity index (χ2v) is 8.92. The van der Waals surface area contributed by atoms with Gasteiger partial charge in [-0.3, -0.25) is 4.79 Å². The van der Waals surface area contributed by atoms with Crippen LogP contribution in [0.25, 0.3) is 0 Å². The molecule has 0 radical (unpaired) electrons. The van der Waals surface area contributed by atoms with Gasteiger partial charge in [-0.15, -0.1) is 10.2 Å². The standard InChI is InChI=1S/C22H17ClN4O2S2/c23-15-5-4-6-17(13-15)24-20(28)14-30-22-27-26-21(31-22)25-16-9-11-19(12-10-16)29-18-7-2-1-3-8-18/h1-13H,14H2,(H,24,28)(H,25,26). The number of aromatic nitrogens is 2. The van der Waals surface area contributed by atoms with Crippen LogP contribution in [0.15, 0.2) is 83.2 Å². The Morgan fingerprint density at radius 2 is 1.71 bits per heavy atom. The number of carbonyl (C=O) groups excluding carboxylic acids is 1. The van der Waals surface area contributed by atoms with E-state index in [1.54, 1.807) is 24.3 Å². The van der Waals surface area contributed by atoms with Crippen LogP contribution >= 0.6 is 34.7 Å². The van der Waals surface area contributed by atoms with E-state index in [1.165, 1.54) is 23.1 Å². The Labute approximate surface area is 192 Å². The molecule has 31 heavy (non-hydrogen) atoms. The number of hydrogen-bond donors (Lipinski definition) is 2. The average molecular weight is 469 g/mol. The average Bonchev–Trinajstić information content (AvgIpc) is 3.22. The molecule has 1 aromatic heterocycles. The second-order valence-electron chi connectivity index (χ2n) is 6.28. The van der Waals surface area contributed by atoms with Crippen molar-refractivity contribution in [3.63, 3.8) is 0 Å². The van der Waals surface area contributed by atoms with Crippen molar-refractivity contribution in [1.82, 2.24) is 10.2 Å². The number of amides is 1. The molecular formula is C22H17ClN4O2S2. The Bertz CT molecular complexity index is 1150. The summed E-state index contributed by atoms with van der Waals surface area (Å²) < 4.78 is 6.49. The summed E-state index contributed by atoms with van der Waals surface area (Å²) in [6.07, 6.45) is 0. The Hall–Kier alpha value is -3.07. The molecule has 3 aromatic carbocycles.